The zero-order chi connectivity index (χ0) is 24.4. The normalized spacial score (nSPS) is 25.9. The highest BCUT2D eigenvalue weighted by Crippen LogP contribution is 2.62. The van der Waals surface area contributed by atoms with Gasteiger partial charge >= 0.3 is 6.03 Å². The number of rotatable bonds is 6. The van der Waals surface area contributed by atoms with Crippen molar-refractivity contribution in [2.45, 2.75) is 37.1 Å². The Morgan fingerprint density at radius 2 is 2.11 bits per heavy atom. The molecule has 184 valence electrons. The molecule has 0 bridgehead atoms. The molecule has 8 heteroatoms. The van der Waals surface area contributed by atoms with Crippen molar-refractivity contribution in [1.29, 1.82) is 5.26 Å². The average molecular weight is 496 g/mol. The molecular weight excluding hydrogens is 465 g/mol. The van der Waals surface area contributed by atoms with Crippen molar-refractivity contribution in [2.24, 2.45) is 5.92 Å². The molecule has 3 fully saturated rings. The van der Waals surface area contributed by atoms with Crippen LogP contribution in [0, 0.1) is 23.1 Å². The van der Waals surface area contributed by atoms with Crippen LogP contribution in [0.25, 0.3) is 0 Å². The minimum atomic E-state index is -0.502. The fourth-order valence-corrected chi connectivity index (χ4v) is 6.13. The number of hydrogen-bond donors (Lipinski definition) is 2. The lowest BCUT2D eigenvalue weighted by atomic mass is 9.80. The summed E-state index contributed by atoms with van der Waals surface area (Å²) in [6.07, 6.45) is 4.00. The van der Waals surface area contributed by atoms with E-state index in [1.54, 1.807) is 6.07 Å². The van der Waals surface area contributed by atoms with Crippen LogP contribution >= 0.6 is 11.6 Å². The van der Waals surface area contributed by atoms with Crippen molar-refractivity contribution in [3.05, 3.63) is 64.4 Å². The summed E-state index contributed by atoms with van der Waals surface area (Å²) in [4.78, 5) is 17.8. The molecule has 2 saturated carbocycles. The highest BCUT2D eigenvalue weighted by Gasteiger charge is 2.58. The standard InChI is InChI=1S/C27H31ClFN5O/c28-24-16-22(4-5-25(24)29)32-26(35)34(13-12-33-10-8-31-9-11-33)23-6-7-27(17-21(27)15-23)20-3-1-2-19(14-20)18-30/h1-5,14,16,21,23,31H,6-13,15,17H2,(H,32,35)/t21-,23+,27+/m0/s1. The Hall–Kier alpha value is -2.66. The van der Waals surface area contributed by atoms with E-state index in [4.69, 9.17) is 11.6 Å². The minimum Gasteiger partial charge on any atom is -0.320 e. The number of anilines is 1. The Kier molecular flexibility index (Phi) is 6.97. The first-order chi connectivity index (χ1) is 17.0. The molecule has 0 unspecified atom stereocenters. The van der Waals surface area contributed by atoms with Crippen molar-refractivity contribution < 1.29 is 9.18 Å². The number of fused-ring (bicyclic) bond motifs is 1. The molecule has 6 nitrogen and oxygen atoms in total. The summed E-state index contributed by atoms with van der Waals surface area (Å²) in [5.41, 5.74) is 2.62. The van der Waals surface area contributed by atoms with Crippen molar-refractivity contribution in [2.75, 3.05) is 44.6 Å². The van der Waals surface area contributed by atoms with Crippen LogP contribution in [-0.4, -0.2) is 61.1 Å². The fourth-order valence-electron chi connectivity index (χ4n) is 5.95. The van der Waals surface area contributed by atoms with E-state index in [0.29, 0.717) is 23.7 Å². The van der Waals surface area contributed by atoms with E-state index in [2.05, 4.69) is 27.7 Å². The molecule has 1 aliphatic heterocycles. The van der Waals surface area contributed by atoms with Crippen LogP contribution in [0.15, 0.2) is 42.5 Å². The molecule has 0 spiro atoms. The Labute approximate surface area is 211 Å². The number of hydrogen-bond acceptors (Lipinski definition) is 4. The lowest BCUT2D eigenvalue weighted by Gasteiger charge is -2.38. The van der Waals surface area contributed by atoms with Gasteiger partial charge in [-0.25, -0.2) is 9.18 Å². The number of benzene rings is 2. The summed E-state index contributed by atoms with van der Waals surface area (Å²) in [6, 6.07) is 14.5. The van der Waals surface area contributed by atoms with Gasteiger partial charge in [0, 0.05) is 51.0 Å². The Bertz CT molecular complexity index is 1130. The second kappa shape index (κ2) is 10.1. The van der Waals surface area contributed by atoms with Gasteiger partial charge in [0.2, 0.25) is 0 Å². The van der Waals surface area contributed by atoms with Gasteiger partial charge in [-0.2, -0.15) is 5.26 Å². The number of piperazine rings is 1. The van der Waals surface area contributed by atoms with Crippen molar-refractivity contribution in [3.8, 4) is 6.07 Å². The van der Waals surface area contributed by atoms with Gasteiger partial charge in [0.25, 0.3) is 0 Å². The topological polar surface area (TPSA) is 71.4 Å². The van der Waals surface area contributed by atoms with Crippen LogP contribution in [0.4, 0.5) is 14.9 Å². The van der Waals surface area contributed by atoms with E-state index in [0.717, 1.165) is 58.4 Å². The summed E-state index contributed by atoms with van der Waals surface area (Å²) in [6.45, 7) is 5.38. The molecule has 0 radical (unpaired) electrons. The first kappa shape index (κ1) is 24.1. The Balaban J connectivity index is 1.29. The molecule has 5 rings (SSSR count). The van der Waals surface area contributed by atoms with Crippen molar-refractivity contribution in [3.63, 3.8) is 0 Å². The summed E-state index contributed by atoms with van der Waals surface area (Å²) in [5.74, 6) is 0.0167. The number of urea groups is 1. The lowest BCUT2D eigenvalue weighted by Crippen LogP contribution is -2.51. The third-order valence-corrected chi connectivity index (χ3v) is 8.31. The first-order valence-corrected chi connectivity index (χ1v) is 12.8. The molecule has 35 heavy (non-hydrogen) atoms. The quantitative estimate of drug-likeness (QED) is 0.614. The van der Waals surface area contributed by atoms with Crippen LogP contribution in [0.2, 0.25) is 5.02 Å². The third kappa shape index (κ3) is 5.16. The number of halogens is 2. The lowest BCUT2D eigenvalue weighted by molar-refractivity contribution is 0.140. The average Bonchev–Trinajstić information content (AvgIpc) is 3.62. The van der Waals surface area contributed by atoms with E-state index in [1.165, 1.54) is 17.7 Å². The van der Waals surface area contributed by atoms with Crippen LogP contribution < -0.4 is 10.6 Å². The second-order valence-corrected chi connectivity index (χ2v) is 10.4. The van der Waals surface area contributed by atoms with Crippen molar-refractivity contribution >= 4 is 23.3 Å². The molecule has 1 saturated heterocycles. The van der Waals surface area contributed by atoms with E-state index in [9.17, 15) is 14.4 Å². The molecule has 3 aliphatic rings. The zero-order valence-electron chi connectivity index (χ0n) is 19.8. The maximum Gasteiger partial charge on any atom is 0.322 e. The SMILES string of the molecule is N#Cc1cccc([C@]23CC[C@@H](N(CCN4CCNCC4)C(=O)Nc4ccc(F)c(Cl)c4)C[C@H]2C3)c1. The van der Waals surface area contributed by atoms with Gasteiger partial charge in [-0.05, 0) is 72.9 Å². The number of nitrogens with zero attached hydrogens (tertiary/aromatic N) is 3. The van der Waals surface area contributed by atoms with Crippen LogP contribution in [0.5, 0.6) is 0 Å². The van der Waals surface area contributed by atoms with Gasteiger partial charge in [0.15, 0.2) is 0 Å². The van der Waals surface area contributed by atoms with Gasteiger partial charge in [-0.15, -0.1) is 0 Å². The second-order valence-electron chi connectivity index (χ2n) is 10.0. The van der Waals surface area contributed by atoms with Gasteiger partial charge in [0.05, 0.1) is 16.7 Å². The highest BCUT2D eigenvalue weighted by molar-refractivity contribution is 6.31. The van der Waals surface area contributed by atoms with E-state index in [-0.39, 0.29) is 22.5 Å². The molecule has 2 aromatic carbocycles. The molecule has 1 heterocycles. The molecule has 2 aromatic rings. The predicted molar refractivity (Wildman–Crippen MR) is 135 cm³/mol. The fraction of sp³-hybridized carbons (Fsp3) is 0.481. The van der Waals surface area contributed by atoms with Crippen LogP contribution in [0.1, 0.15) is 36.8 Å². The van der Waals surface area contributed by atoms with Gasteiger partial charge in [0.1, 0.15) is 5.82 Å². The maximum absolute atomic E-state index is 13.6. The summed E-state index contributed by atoms with van der Waals surface area (Å²) in [7, 11) is 0. The molecule has 0 aromatic heterocycles. The number of nitriles is 1. The van der Waals surface area contributed by atoms with E-state index < -0.39 is 5.82 Å². The Morgan fingerprint density at radius 1 is 1.29 bits per heavy atom. The predicted octanol–water partition coefficient (Wildman–Crippen LogP) is 4.60. The number of nitrogens with one attached hydrogen (secondary N) is 2. The summed E-state index contributed by atoms with van der Waals surface area (Å²) < 4.78 is 13.6. The van der Waals surface area contributed by atoms with Gasteiger partial charge in [-0.3, -0.25) is 4.90 Å². The van der Waals surface area contributed by atoms with Crippen LogP contribution in [0.3, 0.4) is 0 Å². The molecular formula is C27H31ClFN5O. The molecule has 2 aliphatic carbocycles. The number of carbonyl (C=O) groups is 1. The maximum atomic E-state index is 13.6. The zero-order valence-corrected chi connectivity index (χ0v) is 20.5. The van der Waals surface area contributed by atoms with E-state index >= 15 is 0 Å². The van der Waals surface area contributed by atoms with Gasteiger partial charge < -0.3 is 15.5 Å². The Morgan fingerprint density at radius 3 is 2.86 bits per heavy atom. The molecule has 2 amide bonds. The van der Waals surface area contributed by atoms with E-state index in [1.807, 2.05) is 23.1 Å². The monoisotopic (exact) mass is 495 g/mol. The smallest absolute Gasteiger partial charge is 0.320 e. The number of amides is 2. The minimum absolute atomic E-state index is 0.00445. The number of carbonyl (C=O) groups excluding carboxylic acids is 1. The summed E-state index contributed by atoms with van der Waals surface area (Å²) >= 11 is 5.94. The van der Waals surface area contributed by atoms with Crippen LogP contribution in [-0.2, 0) is 5.41 Å². The summed E-state index contributed by atoms with van der Waals surface area (Å²) in [5, 5.41) is 15.6. The molecule has 3 atom stereocenters. The van der Waals surface area contributed by atoms with Gasteiger partial charge in [-0.1, -0.05) is 23.7 Å². The van der Waals surface area contributed by atoms with Crippen molar-refractivity contribution in [1.82, 2.24) is 15.1 Å². The highest BCUT2D eigenvalue weighted by atomic mass is 35.5. The molecule has 2 N–H and O–H groups in total. The first-order valence-electron chi connectivity index (χ1n) is 12.4. The third-order valence-electron chi connectivity index (χ3n) is 8.02. The largest absolute Gasteiger partial charge is 0.322 e.